The van der Waals surface area contributed by atoms with Crippen molar-refractivity contribution >= 4 is 23.7 Å². The zero-order valence-corrected chi connectivity index (χ0v) is 18.5. The van der Waals surface area contributed by atoms with E-state index in [2.05, 4.69) is 15.2 Å². The van der Waals surface area contributed by atoms with Crippen molar-refractivity contribution < 1.29 is 9.53 Å². The Morgan fingerprint density at radius 1 is 1.06 bits per heavy atom. The molecule has 0 aliphatic carbocycles. The van der Waals surface area contributed by atoms with Crippen LogP contribution in [0.4, 0.5) is 0 Å². The predicted molar refractivity (Wildman–Crippen MR) is 119 cm³/mol. The number of ether oxygens (including phenoxy) is 1. The maximum absolute atomic E-state index is 13.3. The summed E-state index contributed by atoms with van der Waals surface area (Å²) in [5.41, 5.74) is 5.23. The molecule has 1 amide bonds. The zero-order chi connectivity index (χ0) is 22.4. The smallest absolute Gasteiger partial charge is 0.272 e. The molecule has 32 heavy (non-hydrogen) atoms. The van der Waals surface area contributed by atoms with E-state index in [-0.39, 0.29) is 5.91 Å². The molecular weight excluding hydrogens is 408 g/mol. The number of likely N-dealkylation sites (N-methyl/N-ethyl adjacent to an activating group) is 1. The van der Waals surface area contributed by atoms with E-state index in [1.54, 1.807) is 45.3 Å². The van der Waals surface area contributed by atoms with Crippen LogP contribution in [0, 0.1) is 0 Å². The predicted octanol–water partition coefficient (Wildman–Crippen LogP) is 2.06. The monoisotopic (exact) mass is 432 g/mol. The van der Waals surface area contributed by atoms with Gasteiger partial charge in [0.1, 0.15) is 12.3 Å². The highest BCUT2D eigenvalue weighted by molar-refractivity contribution is 5.97. The van der Waals surface area contributed by atoms with Gasteiger partial charge in [-0.2, -0.15) is 15.3 Å². The SMILES string of the molecule is CCc1nn(C)c2c1/C=C/c1cnc3ccc(nn13)-c1cnn(C)c1OCCN(C)C2=O. The standard InChI is InChI=1S/C22H24N8O2/c1-5-17-15-7-6-14-12-23-19-9-8-18(26-30(14)19)16-13-24-29(4)22(16)32-11-10-27(2)21(31)20(15)28(3)25-17/h6-9,12-13H,5,10-11H2,1-4H3/b7-6+. The van der Waals surface area contributed by atoms with Crippen molar-refractivity contribution in [2.24, 2.45) is 14.1 Å². The molecule has 0 atom stereocenters. The van der Waals surface area contributed by atoms with Crippen LogP contribution < -0.4 is 4.74 Å². The molecule has 0 N–H and O–H groups in total. The summed E-state index contributed by atoms with van der Waals surface area (Å²) in [6, 6.07) is 3.82. The van der Waals surface area contributed by atoms with Gasteiger partial charge in [-0.15, -0.1) is 0 Å². The Balaban J connectivity index is 1.71. The van der Waals surface area contributed by atoms with Gasteiger partial charge in [-0.1, -0.05) is 6.92 Å². The quantitative estimate of drug-likeness (QED) is 0.457. The molecule has 0 saturated carbocycles. The number of amides is 1. The molecule has 0 fully saturated rings. The number of carbonyl (C=O) groups is 1. The van der Waals surface area contributed by atoms with Gasteiger partial charge in [0.15, 0.2) is 5.65 Å². The second kappa shape index (κ2) is 7.63. The summed E-state index contributed by atoms with van der Waals surface area (Å²) < 4.78 is 11.1. The third-order valence-corrected chi connectivity index (χ3v) is 5.68. The van der Waals surface area contributed by atoms with Gasteiger partial charge in [0.05, 0.1) is 41.6 Å². The Morgan fingerprint density at radius 3 is 2.72 bits per heavy atom. The first kappa shape index (κ1) is 20.0. The molecule has 5 heterocycles. The van der Waals surface area contributed by atoms with Crippen LogP contribution in [-0.2, 0) is 20.5 Å². The van der Waals surface area contributed by atoms with E-state index in [9.17, 15) is 4.79 Å². The zero-order valence-electron chi connectivity index (χ0n) is 18.5. The van der Waals surface area contributed by atoms with Crippen LogP contribution in [0.25, 0.3) is 29.1 Å². The summed E-state index contributed by atoms with van der Waals surface area (Å²) in [5, 5.41) is 13.7. The number of carbonyl (C=O) groups excluding carboxylic acids is 1. The number of fused-ring (bicyclic) bond motifs is 4. The number of hydrogen-bond donors (Lipinski definition) is 0. The average Bonchev–Trinajstić information content (AvgIpc) is 3.45. The molecule has 0 unspecified atom stereocenters. The minimum Gasteiger partial charge on any atom is -0.475 e. The molecule has 0 radical (unpaired) electrons. The van der Waals surface area contributed by atoms with Crippen molar-refractivity contribution in [3.05, 3.63) is 47.2 Å². The fourth-order valence-corrected chi connectivity index (χ4v) is 3.94. The first-order valence-corrected chi connectivity index (χ1v) is 10.5. The largest absolute Gasteiger partial charge is 0.475 e. The molecule has 10 nitrogen and oxygen atoms in total. The lowest BCUT2D eigenvalue weighted by atomic mass is 10.1. The molecule has 4 aromatic rings. The lowest BCUT2D eigenvalue weighted by Crippen LogP contribution is -2.32. The van der Waals surface area contributed by atoms with Crippen LogP contribution in [0.3, 0.4) is 0 Å². The van der Waals surface area contributed by atoms with E-state index < -0.39 is 0 Å². The summed E-state index contributed by atoms with van der Waals surface area (Å²) in [7, 11) is 5.39. The van der Waals surface area contributed by atoms with Gasteiger partial charge < -0.3 is 9.64 Å². The molecule has 164 valence electrons. The first-order chi connectivity index (χ1) is 15.5. The Hall–Kier alpha value is -3.95. The number of aromatic nitrogens is 7. The van der Waals surface area contributed by atoms with Gasteiger partial charge in [-0.3, -0.25) is 9.48 Å². The average molecular weight is 432 g/mol. The summed E-state index contributed by atoms with van der Waals surface area (Å²) in [4.78, 5) is 19.4. The fourth-order valence-electron chi connectivity index (χ4n) is 3.94. The van der Waals surface area contributed by atoms with E-state index in [1.807, 2.05) is 38.3 Å². The van der Waals surface area contributed by atoms with E-state index in [0.29, 0.717) is 31.1 Å². The van der Waals surface area contributed by atoms with Crippen LogP contribution in [0.1, 0.15) is 34.4 Å². The third kappa shape index (κ3) is 3.15. The highest BCUT2D eigenvalue weighted by Crippen LogP contribution is 2.29. The van der Waals surface area contributed by atoms with E-state index in [1.165, 1.54) is 0 Å². The summed E-state index contributed by atoms with van der Waals surface area (Å²) in [6.07, 6.45) is 8.06. The number of aryl methyl sites for hydroxylation is 3. The van der Waals surface area contributed by atoms with E-state index >= 15 is 0 Å². The second-order valence-corrected chi connectivity index (χ2v) is 7.75. The van der Waals surface area contributed by atoms with Gasteiger partial charge in [0.25, 0.3) is 5.91 Å². The van der Waals surface area contributed by atoms with Gasteiger partial charge in [0.2, 0.25) is 5.88 Å². The Morgan fingerprint density at radius 2 is 1.91 bits per heavy atom. The van der Waals surface area contributed by atoms with Gasteiger partial charge in [-0.25, -0.2) is 14.2 Å². The summed E-state index contributed by atoms with van der Waals surface area (Å²) >= 11 is 0. The maximum atomic E-state index is 13.3. The normalized spacial score (nSPS) is 15.2. The molecule has 1 aliphatic rings. The minimum absolute atomic E-state index is 0.111. The number of nitrogens with zero attached hydrogens (tertiary/aromatic N) is 8. The van der Waals surface area contributed by atoms with Gasteiger partial charge in [-0.05, 0) is 30.7 Å². The Bertz CT molecular complexity index is 1360. The minimum atomic E-state index is -0.111. The van der Waals surface area contributed by atoms with Crippen LogP contribution in [-0.4, -0.2) is 65.2 Å². The lowest BCUT2D eigenvalue weighted by molar-refractivity contribution is 0.0760. The third-order valence-electron chi connectivity index (χ3n) is 5.68. The van der Waals surface area contributed by atoms with Crippen LogP contribution in [0.15, 0.2) is 24.5 Å². The van der Waals surface area contributed by atoms with Crippen molar-refractivity contribution in [2.75, 3.05) is 20.2 Å². The van der Waals surface area contributed by atoms with Crippen molar-refractivity contribution in [1.82, 2.24) is 39.1 Å². The van der Waals surface area contributed by atoms with Gasteiger partial charge >= 0.3 is 0 Å². The maximum Gasteiger partial charge on any atom is 0.272 e. The number of hydrogen-bond acceptors (Lipinski definition) is 6. The van der Waals surface area contributed by atoms with Crippen molar-refractivity contribution in [1.29, 1.82) is 0 Å². The topological polar surface area (TPSA) is 95.4 Å². The Kier molecular flexibility index (Phi) is 4.76. The molecule has 0 aromatic carbocycles. The summed E-state index contributed by atoms with van der Waals surface area (Å²) in [6.45, 7) is 2.76. The molecule has 5 rings (SSSR count). The highest BCUT2D eigenvalue weighted by atomic mass is 16.5. The summed E-state index contributed by atoms with van der Waals surface area (Å²) in [5.74, 6) is 0.486. The highest BCUT2D eigenvalue weighted by Gasteiger charge is 2.23. The molecule has 0 spiro atoms. The molecule has 2 bridgehead atoms. The van der Waals surface area contributed by atoms with Crippen molar-refractivity contribution in [2.45, 2.75) is 13.3 Å². The molecular formula is C22H24N8O2. The molecule has 0 saturated heterocycles. The van der Waals surface area contributed by atoms with Crippen LogP contribution in [0.2, 0.25) is 0 Å². The Labute approximate surface area is 184 Å². The lowest BCUT2D eigenvalue weighted by Gasteiger charge is -2.18. The molecule has 1 aliphatic heterocycles. The van der Waals surface area contributed by atoms with Crippen LogP contribution >= 0.6 is 0 Å². The van der Waals surface area contributed by atoms with E-state index in [4.69, 9.17) is 9.84 Å². The van der Waals surface area contributed by atoms with Gasteiger partial charge in [0, 0.05) is 26.7 Å². The first-order valence-electron chi connectivity index (χ1n) is 10.5. The van der Waals surface area contributed by atoms with Crippen molar-refractivity contribution in [3.8, 4) is 17.1 Å². The number of imidazole rings is 1. The fraction of sp³-hybridized carbons (Fsp3) is 0.318. The van der Waals surface area contributed by atoms with E-state index in [0.717, 1.165) is 33.9 Å². The number of rotatable bonds is 1. The van der Waals surface area contributed by atoms with Crippen molar-refractivity contribution in [3.63, 3.8) is 0 Å². The second-order valence-electron chi connectivity index (χ2n) is 7.75. The molecule has 4 aromatic heterocycles. The van der Waals surface area contributed by atoms with Crippen LogP contribution in [0.5, 0.6) is 5.88 Å². The molecule has 10 heteroatoms.